The highest BCUT2D eigenvalue weighted by Crippen LogP contribution is 2.30. The highest BCUT2D eigenvalue weighted by atomic mass is 35.5. The molecule has 1 aliphatic rings. The van der Waals surface area contributed by atoms with Crippen LogP contribution >= 0.6 is 12.4 Å². The van der Waals surface area contributed by atoms with E-state index >= 15 is 0 Å². The molecule has 122 valence electrons. The van der Waals surface area contributed by atoms with Gasteiger partial charge in [-0.25, -0.2) is 12.7 Å². The summed E-state index contributed by atoms with van der Waals surface area (Å²) in [5, 5.41) is 8.88. The number of piperidine rings is 1. The highest BCUT2D eigenvalue weighted by molar-refractivity contribution is 7.88. The molecule has 7 heteroatoms. The Morgan fingerprint density at radius 1 is 1.45 bits per heavy atom. The molecule has 1 fully saturated rings. The van der Waals surface area contributed by atoms with Gasteiger partial charge < -0.3 is 5.73 Å². The molecule has 1 heterocycles. The normalized spacial score (nSPS) is 21.6. The highest BCUT2D eigenvalue weighted by Gasteiger charge is 2.38. The van der Waals surface area contributed by atoms with Crippen LogP contribution in [0.15, 0.2) is 24.3 Å². The van der Waals surface area contributed by atoms with Crippen LogP contribution in [0.5, 0.6) is 0 Å². The summed E-state index contributed by atoms with van der Waals surface area (Å²) < 4.78 is 26.6. The van der Waals surface area contributed by atoms with Crippen molar-refractivity contribution in [1.82, 2.24) is 4.31 Å². The number of rotatable bonds is 3. The van der Waals surface area contributed by atoms with Crippen molar-refractivity contribution in [1.29, 1.82) is 5.26 Å². The zero-order valence-corrected chi connectivity index (χ0v) is 14.5. The van der Waals surface area contributed by atoms with Gasteiger partial charge in [0.15, 0.2) is 0 Å². The third-order valence-corrected chi connectivity index (χ3v) is 5.87. The maximum atomic E-state index is 12.6. The first-order valence-corrected chi connectivity index (χ1v) is 8.58. The molecule has 5 nitrogen and oxygen atoms in total. The van der Waals surface area contributed by atoms with Crippen LogP contribution in [-0.2, 0) is 15.8 Å². The Labute approximate surface area is 138 Å². The molecule has 2 rings (SSSR count). The van der Waals surface area contributed by atoms with Crippen molar-refractivity contribution in [2.75, 3.05) is 13.1 Å². The SMILES string of the molecule is CC1(C)CN(S(=O)(=O)Cc2cccc(C#N)c2)CCC1N.Cl. The molecule has 1 aromatic carbocycles. The van der Waals surface area contributed by atoms with Crippen LogP contribution in [0.25, 0.3) is 0 Å². The summed E-state index contributed by atoms with van der Waals surface area (Å²) >= 11 is 0. The second-order valence-electron chi connectivity index (χ2n) is 6.29. The van der Waals surface area contributed by atoms with Gasteiger partial charge in [0, 0.05) is 19.1 Å². The average Bonchev–Trinajstić information content (AvgIpc) is 2.41. The van der Waals surface area contributed by atoms with Gasteiger partial charge in [-0.1, -0.05) is 26.0 Å². The number of nitrogens with zero attached hydrogens (tertiary/aromatic N) is 2. The third-order valence-electron chi connectivity index (χ3n) is 4.08. The number of hydrogen-bond donors (Lipinski definition) is 1. The van der Waals surface area contributed by atoms with Crippen molar-refractivity contribution in [3.63, 3.8) is 0 Å². The molecule has 2 N–H and O–H groups in total. The largest absolute Gasteiger partial charge is 0.327 e. The van der Waals surface area contributed by atoms with E-state index in [9.17, 15) is 8.42 Å². The first-order valence-electron chi connectivity index (χ1n) is 6.97. The van der Waals surface area contributed by atoms with Crippen LogP contribution in [-0.4, -0.2) is 31.9 Å². The predicted molar refractivity (Wildman–Crippen MR) is 89.0 cm³/mol. The molecule has 1 atom stereocenters. The third kappa shape index (κ3) is 4.20. The standard InChI is InChI=1S/C15H21N3O2S.ClH/c1-15(2)11-18(7-6-14(15)17)21(19,20)10-13-5-3-4-12(8-13)9-16;/h3-5,8,14H,6-7,10-11,17H2,1-2H3;1H. The van der Waals surface area contributed by atoms with Crippen molar-refractivity contribution in [3.05, 3.63) is 35.4 Å². The van der Waals surface area contributed by atoms with Crippen LogP contribution in [0, 0.1) is 16.7 Å². The van der Waals surface area contributed by atoms with Crippen LogP contribution < -0.4 is 5.73 Å². The summed E-state index contributed by atoms with van der Waals surface area (Å²) in [6.45, 7) is 4.89. The lowest BCUT2D eigenvalue weighted by molar-refractivity contribution is 0.155. The summed E-state index contributed by atoms with van der Waals surface area (Å²) in [5.41, 5.74) is 6.94. The van der Waals surface area contributed by atoms with E-state index in [0.717, 1.165) is 0 Å². The van der Waals surface area contributed by atoms with E-state index in [1.807, 2.05) is 19.9 Å². The van der Waals surface area contributed by atoms with E-state index in [-0.39, 0.29) is 29.6 Å². The molecule has 1 unspecified atom stereocenters. The number of nitriles is 1. The zero-order valence-electron chi connectivity index (χ0n) is 12.8. The zero-order chi connectivity index (χ0) is 15.7. The van der Waals surface area contributed by atoms with Crippen LogP contribution in [0.2, 0.25) is 0 Å². The molecule has 0 aliphatic carbocycles. The van der Waals surface area contributed by atoms with Crippen LogP contribution in [0.1, 0.15) is 31.4 Å². The van der Waals surface area contributed by atoms with Gasteiger partial charge in [-0.3, -0.25) is 0 Å². The lowest BCUT2D eigenvalue weighted by Gasteiger charge is -2.41. The molecule has 0 bridgehead atoms. The quantitative estimate of drug-likeness (QED) is 0.907. The maximum absolute atomic E-state index is 12.6. The average molecular weight is 344 g/mol. The number of sulfonamides is 1. The molecule has 1 aromatic rings. The van der Waals surface area contributed by atoms with Gasteiger partial charge >= 0.3 is 0 Å². The second kappa shape index (κ2) is 6.97. The number of nitrogens with two attached hydrogens (primary N) is 1. The molecule has 0 spiro atoms. The minimum absolute atomic E-state index is 0. The molecule has 0 amide bonds. The van der Waals surface area contributed by atoms with Gasteiger partial charge in [0.25, 0.3) is 0 Å². The summed E-state index contributed by atoms with van der Waals surface area (Å²) in [5.74, 6) is -0.0756. The molecular formula is C15H22ClN3O2S. The van der Waals surface area contributed by atoms with E-state index in [0.29, 0.717) is 30.6 Å². The molecule has 0 aromatic heterocycles. The summed E-state index contributed by atoms with van der Waals surface area (Å²) in [6, 6.07) is 8.78. The smallest absolute Gasteiger partial charge is 0.218 e. The van der Waals surface area contributed by atoms with Gasteiger partial charge in [-0.15, -0.1) is 12.4 Å². The second-order valence-corrected chi connectivity index (χ2v) is 8.25. The Hall–Kier alpha value is -1.13. The van der Waals surface area contributed by atoms with Gasteiger partial charge in [-0.05, 0) is 29.5 Å². The number of halogens is 1. The lowest BCUT2D eigenvalue weighted by Crippen LogP contribution is -2.54. The van der Waals surface area contributed by atoms with Gasteiger partial charge in [0.05, 0.1) is 17.4 Å². The Balaban J connectivity index is 0.00000242. The van der Waals surface area contributed by atoms with Crippen molar-refractivity contribution >= 4 is 22.4 Å². The van der Waals surface area contributed by atoms with Gasteiger partial charge in [0.2, 0.25) is 10.0 Å². The van der Waals surface area contributed by atoms with E-state index in [1.165, 1.54) is 4.31 Å². The predicted octanol–water partition coefficient (Wildman–Crippen LogP) is 1.87. The number of hydrogen-bond acceptors (Lipinski definition) is 4. The van der Waals surface area contributed by atoms with E-state index in [2.05, 4.69) is 0 Å². The summed E-state index contributed by atoms with van der Waals surface area (Å²) in [6.07, 6.45) is 0.671. The van der Waals surface area contributed by atoms with Crippen LogP contribution in [0.4, 0.5) is 0 Å². The molecule has 1 saturated heterocycles. The molecule has 1 aliphatic heterocycles. The van der Waals surface area contributed by atoms with Crippen molar-refractivity contribution < 1.29 is 8.42 Å². The molecule has 0 saturated carbocycles. The first-order chi connectivity index (χ1) is 9.74. The van der Waals surface area contributed by atoms with Crippen molar-refractivity contribution in [2.45, 2.75) is 32.1 Å². The fourth-order valence-corrected chi connectivity index (χ4v) is 4.29. The summed E-state index contributed by atoms with van der Waals surface area (Å²) in [7, 11) is -3.39. The first kappa shape index (κ1) is 18.9. The minimum Gasteiger partial charge on any atom is -0.327 e. The van der Waals surface area contributed by atoms with Crippen LogP contribution in [0.3, 0.4) is 0 Å². The lowest BCUT2D eigenvalue weighted by atomic mass is 9.81. The van der Waals surface area contributed by atoms with Crippen molar-refractivity contribution in [3.8, 4) is 6.07 Å². The molecule has 22 heavy (non-hydrogen) atoms. The molecule has 0 radical (unpaired) electrons. The van der Waals surface area contributed by atoms with E-state index in [1.54, 1.807) is 24.3 Å². The van der Waals surface area contributed by atoms with Crippen molar-refractivity contribution in [2.24, 2.45) is 11.1 Å². The van der Waals surface area contributed by atoms with Gasteiger partial charge in [-0.2, -0.15) is 5.26 Å². The molecular weight excluding hydrogens is 322 g/mol. The fraction of sp³-hybridized carbons (Fsp3) is 0.533. The Kier molecular flexibility index (Phi) is 5.99. The monoisotopic (exact) mass is 343 g/mol. The topological polar surface area (TPSA) is 87.2 Å². The Morgan fingerprint density at radius 3 is 2.73 bits per heavy atom. The summed E-state index contributed by atoms with van der Waals surface area (Å²) in [4.78, 5) is 0. The minimum atomic E-state index is -3.39. The Morgan fingerprint density at radius 2 is 2.14 bits per heavy atom. The van der Waals surface area contributed by atoms with Gasteiger partial charge in [0.1, 0.15) is 0 Å². The van der Waals surface area contributed by atoms with E-state index in [4.69, 9.17) is 11.0 Å². The maximum Gasteiger partial charge on any atom is 0.218 e. The number of benzene rings is 1. The Bertz CT molecular complexity index is 668. The van der Waals surface area contributed by atoms with E-state index < -0.39 is 10.0 Å². The fourth-order valence-electron chi connectivity index (χ4n) is 2.59.